The first-order chi connectivity index (χ1) is 7.00. The SMILES string of the molecule is CC(=O)CC(O)c1ccc(N(C)C)cc1. The number of carbonyl (C=O) groups excluding carboxylic acids is 1. The second-order valence-corrected chi connectivity index (χ2v) is 3.91. The molecule has 0 aliphatic rings. The highest BCUT2D eigenvalue weighted by Gasteiger charge is 2.09. The minimum absolute atomic E-state index is 0.000754. The average Bonchev–Trinajstić information content (AvgIpc) is 2.17. The maximum atomic E-state index is 10.8. The predicted octanol–water partition coefficient (Wildman–Crippen LogP) is 1.77. The minimum Gasteiger partial charge on any atom is -0.388 e. The normalized spacial score (nSPS) is 12.3. The maximum absolute atomic E-state index is 10.8. The van der Waals surface area contributed by atoms with Gasteiger partial charge in [0.05, 0.1) is 6.10 Å². The molecule has 0 heterocycles. The number of nitrogens with zero attached hydrogens (tertiary/aromatic N) is 1. The molecule has 0 aliphatic carbocycles. The summed E-state index contributed by atoms with van der Waals surface area (Å²) >= 11 is 0. The van der Waals surface area contributed by atoms with Gasteiger partial charge in [0.25, 0.3) is 0 Å². The van der Waals surface area contributed by atoms with Gasteiger partial charge in [0.15, 0.2) is 0 Å². The highest BCUT2D eigenvalue weighted by Crippen LogP contribution is 2.20. The Balaban J connectivity index is 2.75. The first-order valence-corrected chi connectivity index (χ1v) is 4.95. The summed E-state index contributed by atoms with van der Waals surface area (Å²) < 4.78 is 0. The Morgan fingerprint density at radius 2 is 1.87 bits per heavy atom. The number of anilines is 1. The van der Waals surface area contributed by atoms with Crippen LogP contribution < -0.4 is 4.90 Å². The lowest BCUT2D eigenvalue weighted by Crippen LogP contribution is -2.09. The third-order valence-corrected chi connectivity index (χ3v) is 2.28. The van der Waals surface area contributed by atoms with Crippen LogP contribution in [-0.4, -0.2) is 25.0 Å². The molecule has 1 N–H and O–H groups in total. The van der Waals surface area contributed by atoms with Crippen LogP contribution in [0, 0.1) is 0 Å². The molecule has 0 saturated heterocycles. The van der Waals surface area contributed by atoms with Crippen molar-refractivity contribution in [3.63, 3.8) is 0 Å². The van der Waals surface area contributed by atoms with E-state index in [9.17, 15) is 9.90 Å². The van der Waals surface area contributed by atoms with Crippen LogP contribution in [0.1, 0.15) is 25.0 Å². The lowest BCUT2D eigenvalue weighted by Gasteiger charge is -2.14. The first kappa shape index (κ1) is 11.7. The van der Waals surface area contributed by atoms with Gasteiger partial charge in [0, 0.05) is 26.2 Å². The van der Waals surface area contributed by atoms with Crippen LogP contribution in [0.2, 0.25) is 0 Å². The van der Waals surface area contributed by atoms with Crippen molar-refractivity contribution in [1.82, 2.24) is 0 Å². The summed E-state index contributed by atoms with van der Waals surface area (Å²) in [7, 11) is 3.92. The Hall–Kier alpha value is -1.35. The lowest BCUT2D eigenvalue weighted by atomic mass is 10.0. The smallest absolute Gasteiger partial charge is 0.132 e. The van der Waals surface area contributed by atoms with Crippen LogP contribution in [0.15, 0.2) is 24.3 Å². The van der Waals surface area contributed by atoms with Crippen molar-refractivity contribution >= 4 is 11.5 Å². The van der Waals surface area contributed by atoms with Gasteiger partial charge in [-0.25, -0.2) is 0 Å². The Kier molecular flexibility index (Phi) is 3.86. The van der Waals surface area contributed by atoms with Crippen molar-refractivity contribution in [2.75, 3.05) is 19.0 Å². The summed E-state index contributed by atoms with van der Waals surface area (Å²) in [6.45, 7) is 1.48. The van der Waals surface area contributed by atoms with Crippen LogP contribution in [0.25, 0.3) is 0 Å². The van der Waals surface area contributed by atoms with Crippen molar-refractivity contribution in [3.05, 3.63) is 29.8 Å². The molecule has 3 nitrogen and oxygen atoms in total. The zero-order valence-electron chi connectivity index (χ0n) is 9.40. The van der Waals surface area contributed by atoms with E-state index in [0.29, 0.717) is 0 Å². The molecular weight excluding hydrogens is 190 g/mol. The van der Waals surface area contributed by atoms with Crippen LogP contribution in [0.3, 0.4) is 0 Å². The van der Waals surface area contributed by atoms with Crippen molar-refractivity contribution in [3.8, 4) is 0 Å². The Labute approximate surface area is 90.3 Å². The molecule has 0 fully saturated rings. The summed E-state index contributed by atoms with van der Waals surface area (Å²) in [5.41, 5.74) is 1.87. The number of hydrogen-bond acceptors (Lipinski definition) is 3. The first-order valence-electron chi connectivity index (χ1n) is 4.95. The lowest BCUT2D eigenvalue weighted by molar-refractivity contribution is -0.118. The molecule has 1 aromatic carbocycles. The number of rotatable bonds is 4. The fraction of sp³-hybridized carbons (Fsp3) is 0.417. The summed E-state index contributed by atoms with van der Waals surface area (Å²) in [4.78, 5) is 12.8. The maximum Gasteiger partial charge on any atom is 0.132 e. The van der Waals surface area contributed by atoms with Crippen LogP contribution >= 0.6 is 0 Å². The number of benzene rings is 1. The van der Waals surface area contributed by atoms with Gasteiger partial charge >= 0.3 is 0 Å². The number of aliphatic hydroxyl groups is 1. The number of hydrogen-bond donors (Lipinski definition) is 1. The minimum atomic E-state index is -0.682. The largest absolute Gasteiger partial charge is 0.388 e. The van der Waals surface area contributed by atoms with Gasteiger partial charge in [0.1, 0.15) is 5.78 Å². The van der Waals surface area contributed by atoms with Gasteiger partial charge in [-0.2, -0.15) is 0 Å². The summed E-state index contributed by atoms with van der Waals surface area (Å²) in [5, 5.41) is 9.69. The second kappa shape index (κ2) is 4.94. The molecule has 0 amide bonds. The van der Waals surface area contributed by atoms with Crippen molar-refractivity contribution in [2.24, 2.45) is 0 Å². The van der Waals surface area contributed by atoms with Gasteiger partial charge in [0.2, 0.25) is 0 Å². The number of ketones is 1. The molecule has 3 heteroatoms. The van der Waals surface area contributed by atoms with Crippen molar-refractivity contribution < 1.29 is 9.90 Å². The van der Waals surface area contributed by atoms with Gasteiger partial charge in [-0.1, -0.05) is 12.1 Å². The average molecular weight is 207 g/mol. The third-order valence-electron chi connectivity index (χ3n) is 2.28. The zero-order valence-corrected chi connectivity index (χ0v) is 9.40. The van der Waals surface area contributed by atoms with Crippen LogP contribution in [0.5, 0.6) is 0 Å². The van der Waals surface area contributed by atoms with Gasteiger partial charge in [-0.3, -0.25) is 4.79 Å². The highest BCUT2D eigenvalue weighted by molar-refractivity contribution is 5.76. The zero-order chi connectivity index (χ0) is 11.4. The van der Waals surface area contributed by atoms with E-state index >= 15 is 0 Å². The van der Waals surface area contributed by atoms with E-state index in [1.165, 1.54) is 6.92 Å². The molecule has 0 radical (unpaired) electrons. The molecule has 1 unspecified atom stereocenters. The third kappa shape index (κ3) is 3.36. The number of carbonyl (C=O) groups is 1. The molecule has 0 bridgehead atoms. The molecule has 82 valence electrons. The van der Waals surface area contributed by atoms with Crippen molar-refractivity contribution in [1.29, 1.82) is 0 Å². The van der Waals surface area contributed by atoms with Crippen molar-refractivity contribution in [2.45, 2.75) is 19.4 Å². The van der Waals surface area contributed by atoms with E-state index in [4.69, 9.17) is 0 Å². The topological polar surface area (TPSA) is 40.5 Å². The fourth-order valence-corrected chi connectivity index (χ4v) is 1.38. The molecule has 15 heavy (non-hydrogen) atoms. The van der Waals surface area contributed by atoms with Gasteiger partial charge in [-0.05, 0) is 24.6 Å². The summed E-state index contributed by atoms with van der Waals surface area (Å²) in [5.74, 6) is -0.000754. The molecule has 1 rings (SSSR count). The molecule has 0 spiro atoms. The van der Waals surface area contributed by atoms with E-state index in [2.05, 4.69) is 0 Å². The van der Waals surface area contributed by atoms with Gasteiger partial charge < -0.3 is 10.0 Å². The van der Waals surface area contributed by atoms with E-state index in [1.54, 1.807) is 0 Å². The standard InChI is InChI=1S/C12H17NO2/c1-9(14)8-12(15)10-4-6-11(7-5-10)13(2)3/h4-7,12,15H,8H2,1-3H3. The number of aliphatic hydroxyl groups excluding tert-OH is 1. The summed E-state index contributed by atoms with van der Waals surface area (Å²) in [6, 6.07) is 7.56. The van der Waals surface area contributed by atoms with E-state index < -0.39 is 6.10 Å². The number of Topliss-reactive ketones (excluding diaryl/α,β-unsaturated/α-hetero) is 1. The predicted molar refractivity (Wildman–Crippen MR) is 61.0 cm³/mol. The van der Waals surface area contributed by atoms with Crippen LogP contribution in [-0.2, 0) is 4.79 Å². The molecule has 0 aliphatic heterocycles. The molecule has 1 atom stereocenters. The molecular formula is C12H17NO2. The Morgan fingerprint density at radius 3 is 2.27 bits per heavy atom. The van der Waals surface area contributed by atoms with E-state index in [0.717, 1.165) is 11.3 Å². The molecule has 1 aromatic rings. The molecule has 0 saturated carbocycles. The molecule has 0 aromatic heterocycles. The quantitative estimate of drug-likeness (QED) is 0.818. The Morgan fingerprint density at radius 1 is 1.33 bits per heavy atom. The fourth-order valence-electron chi connectivity index (χ4n) is 1.38. The second-order valence-electron chi connectivity index (χ2n) is 3.91. The van der Waals surface area contributed by atoms with Crippen LogP contribution in [0.4, 0.5) is 5.69 Å². The Bertz CT molecular complexity index is 330. The van der Waals surface area contributed by atoms with E-state index in [-0.39, 0.29) is 12.2 Å². The van der Waals surface area contributed by atoms with E-state index in [1.807, 2.05) is 43.3 Å². The van der Waals surface area contributed by atoms with Gasteiger partial charge in [-0.15, -0.1) is 0 Å². The monoisotopic (exact) mass is 207 g/mol. The highest BCUT2D eigenvalue weighted by atomic mass is 16.3. The summed E-state index contributed by atoms with van der Waals surface area (Å²) in [6.07, 6.45) is -0.500.